The topological polar surface area (TPSA) is 60.1 Å². The highest BCUT2D eigenvalue weighted by atomic mass is 127. The van der Waals surface area contributed by atoms with Crippen molar-refractivity contribution in [1.82, 2.24) is 4.90 Å². The number of aliphatic imine (C=N–C) groups is 1. The standard InChI is InChI=1S/C14H19N3O2.HI/c1-10-8-17(6-7-18-10)14(15)16-12-9-19-13-5-3-2-4-11(12)13;/h2-5,10,12H,6-9H2,1H3,(H2,15,16);1H. The number of nitrogens with zero attached hydrogens (tertiary/aromatic N) is 2. The molecule has 0 aliphatic carbocycles. The Bertz CT molecular complexity index is 495. The fraction of sp³-hybridized carbons (Fsp3) is 0.500. The molecule has 6 heteroatoms. The summed E-state index contributed by atoms with van der Waals surface area (Å²) >= 11 is 0. The molecule has 0 saturated carbocycles. The highest BCUT2D eigenvalue weighted by Crippen LogP contribution is 2.34. The summed E-state index contributed by atoms with van der Waals surface area (Å²) in [6, 6.07) is 8.00. The van der Waals surface area contributed by atoms with Crippen molar-refractivity contribution in [2.75, 3.05) is 26.3 Å². The molecular formula is C14H20IN3O2. The van der Waals surface area contributed by atoms with Crippen LogP contribution in [0.3, 0.4) is 0 Å². The van der Waals surface area contributed by atoms with Crippen molar-refractivity contribution >= 4 is 29.9 Å². The van der Waals surface area contributed by atoms with E-state index in [-0.39, 0.29) is 36.1 Å². The van der Waals surface area contributed by atoms with Crippen LogP contribution in [0.5, 0.6) is 5.75 Å². The van der Waals surface area contributed by atoms with Crippen LogP contribution in [0, 0.1) is 0 Å². The normalized spacial score (nSPS) is 25.6. The Morgan fingerprint density at radius 3 is 3.00 bits per heavy atom. The molecule has 5 nitrogen and oxygen atoms in total. The number of morpholine rings is 1. The van der Waals surface area contributed by atoms with Crippen molar-refractivity contribution in [3.8, 4) is 5.75 Å². The van der Waals surface area contributed by atoms with Gasteiger partial charge in [-0.1, -0.05) is 18.2 Å². The van der Waals surface area contributed by atoms with Crippen LogP contribution in [-0.4, -0.2) is 43.3 Å². The number of rotatable bonds is 1. The van der Waals surface area contributed by atoms with E-state index >= 15 is 0 Å². The van der Waals surface area contributed by atoms with Crippen LogP contribution in [0.1, 0.15) is 18.5 Å². The average molecular weight is 389 g/mol. The van der Waals surface area contributed by atoms with Gasteiger partial charge in [0.05, 0.1) is 12.7 Å². The molecule has 1 saturated heterocycles. The van der Waals surface area contributed by atoms with Crippen LogP contribution < -0.4 is 10.5 Å². The van der Waals surface area contributed by atoms with Crippen LogP contribution in [-0.2, 0) is 4.74 Å². The summed E-state index contributed by atoms with van der Waals surface area (Å²) in [5.41, 5.74) is 7.23. The maximum absolute atomic E-state index is 6.11. The molecule has 2 unspecified atom stereocenters. The number of para-hydroxylation sites is 1. The van der Waals surface area contributed by atoms with Gasteiger partial charge in [0, 0.05) is 18.7 Å². The maximum Gasteiger partial charge on any atom is 0.192 e. The lowest BCUT2D eigenvalue weighted by atomic mass is 10.1. The summed E-state index contributed by atoms with van der Waals surface area (Å²) in [6.07, 6.45) is 0.203. The second-order valence-electron chi connectivity index (χ2n) is 4.98. The molecule has 2 heterocycles. The predicted molar refractivity (Wildman–Crippen MR) is 88.7 cm³/mol. The third kappa shape index (κ3) is 3.17. The first-order valence-corrected chi connectivity index (χ1v) is 6.65. The molecule has 1 fully saturated rings. The van der Waals surface area contributed by atoms with Gasteiger partial charge in [0.2, 0.25) is 0 Å². The van der Waals surface area contributed by atoms with Crippen molar-refractivity contribution in [3.05, 3.63) is 29.8 Å². The molecule has 2 aliphatic heterocycles. The maximum atomic E-state index is 6.11. The van der Waals surface area contributed by atoms with E-state index in [1.807, 2.05) is 31.2 Å². The number of fused-ring (bicyclic) bond motifs is 1. The van der Waals surface area contributed by atoms with Crippen LogP contribution in [0.25, 0.3) is 0 Å². The zero-order valence-electron chi connectivity index (χ0n) is 11.5. The van der Waals surface area contributed by atoms with Gasteiger partial charge in [0.25, 0.3) is 0 Å². The molecule has 0 radical (unpaired) electrons. The number of hydrogen-bond donors (Lipinski definition) is 1. The fourth-order valence-corrected chi connectivity index (χ4v) is 2.52. The summed E-state index contributed by atoms with van der Waals surface area (Å²) in [7, 11) is 0. The highest BCUT2D eigenvalue weighted by Gasteiger charge is 2.25. The van der Waals surface area contributed by atoms with E-state index in [9.17, 15) is 0 Å². The third-order valence-corrected chi connectivity index (χ3v) is 3.53. The van der Waals surface area contributed by atoms with Crippen LogP contribution in [0.4, 0.5) is 0 Å². The van der Waals surface area contributed by atoms with E-state index < -0.39 is 0 Å². The zero-order valence-corrected chi connectivity index (χ0v) is 13.8. The lowest BCUT2D eigenvalue weighted by molar-refractivity contribution is 0.00520. The summed E-state index contributed by atoms with van der Waals surface area (Å²) in [6.45, 7) is 4.92. The Balaban J connectivity index is 0.00000147. The van der Waals surface area contributed by atoms with Gasteiger partial charge in [0.15, 0.2) is 5.96 Å². The molecule has 2 aliphatic rings. The monoisotopic (exact) mass is 389 g/mol. The van der Waals surface area contributed by atoms with Gasteiger partial charge in [-0.15, -0.1) is 24.0 Å². The second kappa shape index (κ2) is 6.62. The molecule has 2 N–H and O–H groups in total. The van der Waals surface area contributed by atoms with Crippen LogP contribution in [0.15, 0.2) is 29.3 Å². The number of halogens is 1. The van der Waals surface area contributed by atoms with Gasteiger partial charge in [0.1, 0.15) is 18.4 Å². The van der Waals surface area contributed by atoms with Gasteiger partial charge >= 0.3 is 0 Å². The first-order chi connectivity index (χ1) is 9.24. The molecule has 0 bridgehead atoms. The summed E-state index contributed by atoms with van der Waals surface area (Å²) < 4.78 is 11.1. The quantitative estimate of drug-likeness (QED) is 0.452. The van der Waals surface area contributed by atoms with Gasteiger partial charge in [-0.05, 0) is 13.0 Å². The number of ether oxygens (including phenoxy) is 2. The van der Waals surface area contributed by atoms with Gasteiger partial charge in [-0.3, -0.25) is 0 Å². The van der Waals surface area contributed by atoms with Crippen LogP contribution in [0.2, 0.25) is 0 Å². The number of hydrogen-bond acceptors (Lipinski definition) is 3. The van der Waals surface area contributed by atoms with Crippen molar-refractivity contribution in [2.24, 2.45) is 10.7 Å². The fourth-order valence-electron chi connectivity index (χ4n) is 2.52. The summed E-state index contributed by atoms with van der Waals surface area (Å²) in [4.78, 5) is 6.69. The molecule has 1 aromatic rings. The lowest BCUT2D eigenvalue weighted by Gasteiger charge is -2.32. The molecule has 2 atom stereocenters. The summed E-state index contributed by atoms with van der Waals surface area (Å²) in [5.74, 6) is 1.50. The minimum Gasteiger partial charge on any atom is -0.491 e. The molecular weight excluding hydrogens is 369 g/mol. The van der Waals surface area contributed by atoms with Crippen molar-refractivity contribution in [2.45, 2.75) is 19.1 Å². The predicted octanol–water partition coefficient (Wildman–Crippen LogP) is 1.77. The number of benzene rings is 1. The number of guanidine groups is 1. The Kier molecular flexibility index (Phi) is 5.09. The Labute approximate surface area is 136 Å². The lowest BCUT2D eigenvalue weighted by Crippen LogP contribution is -2.48. The van der Waals surface area contributed by atoms with Crippen molar-refractivity contribution < 1.29 is 9.47 Å². The van der Waals surface area contributed by atoms with E-state index in [0.29, 0.717) is 19.2 Å². The minimum absolute atomic E-state index is 0. The van der Waals surface area contributed by atoms with Gasteiger partial charge < -0.3 is 20.1 Å². The molecule has 110 valence electrons. The third-order valence-electron chi connectivity index (χ3n) is 3.53. The van der Waals surface area contributed by atoms with E-state index in [2.05, 4.69) is 9.89 Å². The zero-order chi connectivity index (χ0) is 13.2. The largest absolute Gasteiger partial charge is 0.491 e. The Morgan fingerprint density at radius 1 is 1.40 bits per heavy atom. The van der Waals surface area contributed by atoms with Crippen LogP contribution >= 0.6 is 24.0 Å². The first-order valence-electron chi connectivity index (χ1n) is 6.65. The van der Waals surface area contributed by atoms with Crippen molar-refractivity contribution in [3.63, 3.8) is 0 Å². The number of nitrogens with two attached hydrogens (primary N) is 1. The Morgan fingerprint density at radius 2 is 2.20 bits per heavy atom. The average Bonchev–Trinajstić information content (AvgIpc) is 2.82. The molecule has 20 heavy (non-hydrogen) atoms. The molecule has 0 spiro atoms. The Hall–Kier alpha value is -1.02. The van der Waals surface area contributed by atoms with Gasteiger partial charge in [-0.25, -0.2) is 4.99 Å². The molecule has 0 amide bonds. The molecule has 3 rings (SSSR count). The van der Waals surface area contributed by atoms with Crippen molar-refractivity contribution in [1.29, 1.82) is 0 Å². The molecule has 1 aromatic carbocycles. The second-order valence-corrected chi connectivity index (χ2v) is 4.98. The minimum atomic E-state index is 0. The summed E-state index contributed by atoms with van der Waals surface area (Å²) in [5, 5.41) is 0. The first kappa shape index (κ1) is 15.4. The van der Waals surface area contributed by atoms with E-state index in [4.69, 9.17) is 15.2 Å². The van der Waals surface area contributed by atoms with Gasteiger partial charge in [-0.2, -0.15) is 0 Å². The molecule has 0 aromatic heterocycles. The SMILES string of the molecule is CC1CN(C(N)=NC2COc3ccccc32)CCO1.I. The smallest absolute Gasteiger partial charge is 0.192 e. The van der Waals surface area contributed by atoms with E-state index in [1.165, 1.54) is 0 Å². The highest BCUT2D eigenvalue weighted by molar-refractivity contribution is 14.0. The van der Waals surface area contributed by atoms with E-state index in [0.717, 1.165) is 24.4 Å². The van der Waals surface area contributed by atoms with E-state index in [1.54, 1.807) is 0 Å².